The predicted octanol–water partition coefficient (Wildman–Crippen LogP) is 3.06. The Morgan fingerprint density at radius 3 is 2.63 bits per heavy atom. The Labute approximate surface area is 117 Å². The van der Waals surface area contributed by atoms with Crippen molar-refractivity contribution in [2.45, 2.75) is 70.8 Å². The van der Waals surface area contributed by atoms with Gasteiger partial charge in [0.2, 0.25) is 0 Å². The van der Waals surface area contributed by atoms with Crippen LogP contribution < -0.4 is 5.73 Å². The second-order valence-corrected chi connectivity index (χ2v) is 6.62. The Morgan fingerprint density at radius 2 is 2.05 bits per heavy atom. The van der Waals surface area contributed by atoms with Gasteiger partial charge in [-0.1, -0.05) is 6.92 Å². The fourth-order valence-corrected chi connectivity index (χ4v) is 3.54. The molecular weight excluding hydrogens is 238 g/mol. The molecule has 1 aliphatic heterocycles. The van der Waals surface area contributed by atoms with E-state index in [1.165, 1.54) is 12.8 Å². The van der Waals surface area contributed by atoms with Crippen LogP contribution in [0.3, 0.4) is 0 Å². The van der Waals surface area contributed by atoms with Gasteiger partial charge < -0.3 is 10.5 Å². The van der Waals surface area contributed by atoms with Gasteiger partial charge in [-0.05, 0) is 57.3 Å². The van der Waals surface area contributed by atoms with Crippen molar-refractivity contribution in [3.63, 3.8) is 0 Å². The number of hydrogen-bond acceptors (Lipinski definition) is 3. The number of ether oxygens (including phenoxy) is 1. The SMILES string of the molecule is CC1CCC(CN)(C(=O)CCCC2CCCO2)CC1. The van der Waals surface area contributed by atoms with Crippen LogP contribution in [0.2, 0.25) is 0 Å². The number of nitrogens with two attached hydrogens (primary N) is 1. The Bertz CT molecular complexity index is 289. The Balaban J connectivity index is 1.76. The molecule has 0 aromatic heterocycles. The second kappa shape index (κ2) is 6.85. The first-order valence-electron chi connectivity index (χ1n) is 8.01. The van der Waals surface area contributed by atoms with E-state index in [0.717, 1.165) is 51.0 Å². The number of hydrogen-bond donors (Lipinski definition) is 1. The summed E-state index contributed by atoms with van der Waals surface area (Å²) in [6.45, 7) is 3.73. The van der Waals surface area contributed by atoms with Crippen LogP contribution in [0.15, 0.2) is 0 Å². The quantitative estimate of drug-likeness (QED) is 0.804. The molecule has 110 valence electrons. The third kappa shape index (κ3) is 3.79. The van der Waals surface area contributed by atoms with Crippen molar-refractivity contribution < 1.29 is 9.53 Å². The molecule has 1 unspecified atom stereocenters. The number of Topliss-reactive ketones (excluding diaryl/α,β-unsaturated/α-hetero) is 1. The standard InChI is InChI=1S/C16H29NO2/c1-13-7-9-16(12-17,10-8-13)15(18)6-2-4-14-5-3-11-19-14/h13-14H,2-12,17H2,1H3. The average Bonchev–Trinajstić information content (AvgIpc) is 2.93. The lowest BCUT2D eigenvalue weighted by molar-refractivity contribution is -0.130. The van der Waals surface area contributed by atoms with E-state index in [2.05, 4.69) is 6.92 Å². The van der Waals surface area contributed by atoms with Gasteiger partial charge in [0.05, 0.1) is 6.10 Å². The second-order valence-electron chi connectivity index (χ2n) is 6.62. The van der Waals surface area contributed by atoms with Gasteiger partial charge >= 0.3 is 0 Å². The van der Waals surface area contributed by atoms with Crippen LogP contribution >= 0.6 is 0 Å². The van der Waals surface area contributed by atoms with Crippen molar-refractivity contribution in [1.29, 1.82) is 0 Å². The van der Waals surface area contributed by atoms with E-state index in [0.29, 0.717) is 24.9 Å². The van der Waals surface area contributed by atoms with Gasteiger partial charge in [0.1, 0.15) is 5.78 Å². The zero-order valence-electron chi connectivity index (χ0n) is 12.3. The molecule has 19 heavy (non-hydrogen) atoms. The van der Waals surface area contributed by atoms with Gasteiger partial charge in [0, 0.05) is 25.0 Å². The van der Waals surface area contributed by atoms with Crippen molar-refractivity contribution in [2.24, 2.45) is 17.1 Å². The summed E-state index contributed by atoms with van der Waals surface area (Å²) in [7, 11) is 0. The number of rotatable bonds is 6. The van der Waals surface area contributed by atoms with Crippen LogP contribution in [0.1, 0.15) is 64.7 Å². The number of carbonyl (C=O) groups is 1. The van der Waals surface area contributed by atoms with Gasteiger partial charge in [-0.2, -0.15) is 0 Å². The molecule has 0 radical (unpaired) electrons. The van der Waals surface area contributed by atoms with E-state index >= 15 is 0 Å². The fourth-order valence-electron chi connectivity index (χ4n) is 3.54. The summed E-state index contributed by atoms with van der Waals surface area (Å²) in [5.41, 5.74) is 5.74. The number of carbonyl (C=O) groups excluding carboxylic acids is 1. The lowest BCUT2D eigenvalue weighted by Gasteiger charge is -2.37. The van der Waals surface area contributed by atoms with Crippen molar-refractivity contribution in [1.82, 2.24) is 0 Å². The maximum Gasteiger partial charge on any atom is 0.140 e. The fraction of sp³-hybridized carbons (Fsp3) is 0.938. The lowest BCUT2D eigenvalue weighted by atomic mass is 9.67. The van der Waals surface area contributed by atoms with Gasteiger partial charge in [0.15, 0.2) is 0 Å². The summed E-state index contributed by atoms with van der Waals surface area (Å²) in [6.07, 6.45) is 9.82. The van der Waals surface area contributed by atoms with Crippen LogP contribution in [-0.4, -0.2) is 25.0 Å². The van der Waals surface area contributed by atoms with Gasteiger partial charge in [-0.3, -0.25) is 4.79 Å². The minimum Gasteiger partial charge on any atom is -0.378 e. The summed E-state index contributed by atoms with van der Waals surface area (Å²) in [5.74, 6) is 1.18. The summed E-state index contributed by atoms with van der Waals surface area (Å²) < 4.78 is 5.61. The van der Waals surface area contributed by atoms with Gasteiger partial charge in [0.25, 0.3) is 0 Å². The molecule has 2 fully saturated rings. The van der Waals surface area contributed by atoms with Crippen LogP contribution in [0.4, 0.5) is 0 Å². The molecular formula is C16H29NO2. The molecule has 0 amide bonds. The first kappa shape index (κ1) is 15.0. The van der Waals surface area contributed by atoms with Crippen molar-refractivity contribution >= 4 is 5.78 Å². The Hall–Kier alpha value is -0.410. The molecule has 0 bridgehead atoms. The van der Waals surface area contributed by atoms with E-state index in [1.807, 2.05) is 0 Å². The number of ketones is 1. The molecule has 2 rings (SSSR count). The van der Waals surface area contributed by atoms with Crippen molar-refractivity contribution in [3.8, 4) is 0 Å². The molecule has 0 aromatic carbocycles. The molecule has 1 saturated carbocycles. The van der Waals surface area contributed by atoms with E-state index in [9.17, 15) is 4.79 Å². The molecule has 0 spiro atoms. The van der Waals surface area contributed by atoms with Gasteiger partial charge in [-0.15, -0.1) is 0 Å². The highest BCUT2D eigenvalue weighted by Gasteiger charge is 2.38. The monoisotopic (exact) mass is 267 g/mol. The molecule has 1 heterocycles. The average molecular weight is 267 g/mol. The molecule has 1 atom stereocenters. The minimum absolute atomic E-state index is 0.191. The summed E-state index contributed by atoms with van der Waals surface area (Å²) in [5, 5.41) is 0. The molecule has 3 nitrogen and oxygen atoms in total. The summed E-state index contributed by atoms with van der Waals surface area (Å²) >= 11 is 0. The Kier molecular flexibility index (Phi) is 5.40. The maximum atomic E-state index is 12.5. The van der Waals surface area contributed by atoms with E-state index in [4.69, 9.17) is 10.5 Å². The highest BCUT2D eigenvalue weighted by Crippen LogP contribution is 2.40. The largest absolute Gasteiger partial charge is 0.378 e. The highest BCUT2D eigenvalue weighted by atomic mass is 16.5. The summed E-state index contributed by atoms with van der Waals surface area (Å²) in [4.78, 5) is 12.5. The molecule has 2 N–H and O–H groups in total. The predicted molar refractivity (Wildman–Crippen MR) is 77.0 cm³/mol. The molecule has 1 saturated heterocycles. The topological polar surface area (TPSA) is 52.3 Å². The Morgan fingerprint density at radius 1 is 1.32 bits per heavy atom. The normalized spacial score (nSPS) is 35.5. The van der Waals surface area contributed by atoms with Crippen LogP contribution in [0.5, 0.6) is 0 Å². The van der Waals surface area contributed by atoms with Crippen LogP contribution in [0.25, 0.3) is 0 Å². The summed E-state index contributed by atoms with van der Waals surface area (Å²) in [6, 6.07) is 0. The first-order chi connectivity index (χ1) is 9.16. The molecule has 0 aromatic rings. The van der Waals surface area contributed by atoms with Crippen molar-refractivity contribution in [3.05, 3.63) is 0 Å². The van der Waals surface area contributed by atoms with E-state index in [1.54, 1.807) is 0 Å². The molecule has 2 aliphatic rings. The minimum atomic E-state index is -0.191. The van der Waals surface area contributed by atoms with E-state index < -0.39 is 0 Å². The molecule has 3 heteroatoms. The van der Waals surface area contributed by atoms with Gasteiger partial charge in [-0.25, -0.2) is 0 Å². The first-order valence-corrected chi connectivity index (χ1v) is 8.01. The van der Waals surface area contributed by atoms with Crippen LogP contribution in [0, 0.1) is 11.3 Å². The third-order valence-corrected chi connectivity index (χ3v) is 5.17. The zero-order chi connectivity index (χ0) is 13.7. The third-order valence-electron chi connectivity index (χ3n) is 5.17. The smallest absolute Gasteiger partial charge is 0.140 e. The molecule has 1 aliphatic carbocycles. The van der Waals surface area contributed by atoms with Crippen molar-refractivity contribution in [2.75, 3.05) is 13.2 Å². The van der Waals surface area contributed by atoms with E-state index in [-0.39, 0.29) is 5.41 Å². The zero-order valence-corrected chi connectivity index (χ0v) is 12.3. The van der Waals surface area contributed by atoms with Crippen LogP contribution in [-0.2, 0) is 9.53 Å². The highest BCUT2D eigenvalue weighted by molar-refractivity contribution is 5.85. The lowest BCUT2D eigenvalue weighted by Crippen LogP contribution is -2.41. The maximum absolute atomic E-state index is 12.5.